The van der Waals surface area contributed by atoms with Gasteiger partial charge in [0.15, 0.2) is 11.5 Å². The number of hydrogen-bond acceptors (Lipinski definition) is 4. The van der Waals surface area contributed by atoms with Crippen LogP contribution in [0, 0.1) is 18.3 Å². The molecule has 25 heavy (non-hydrogen) atoms. The van der Waals surface area contributed by atoms with E-state index in [0.717, 1.165) is 11.1 Å². The van der Waals surface area contributed by atoms with E-state index in [-0.39, 0.29) is 23.1 Å². The Morgan fingerprint density at radius 2 is 1.88 bits per heavy atom. The van der Waals surface area contributed by atoms with Crippen molar-refractivity contribution in [3.8, 4) is 17.6 Å². The lowest BCUT2D eigenvalue weighted by molar-refractivity contribution is -0.117. The van der Waals surface area contributed by atoms with E-state index in [4.69, 9.17) is 0 Å². The largest absolute Gasteiger partial charge is 0.504 e. The Morgan fingerprint density at radius 1 is 1.20 bits per heavy atom. The number of hydrogen-bond donors (Lipinski definition) is 3. The maximum absolute atomic E-state index is 12.4. The summed E-state index contributed by atoms with van der Waals surface area (Å²) in [4.78, 5) is 12.4. The monoisotopic (exact) mass is 336 g/mol. The Morgan fingerprint density at radius 3 is 2.44 bits per heavy atom. The van der Waals surface area contributed by atoms with Crippen LogP contribution in [0.1, 0.15) is 36.1 Å². The summed E-state index contributed by atoms with van der Waals surface area (Å²) in [6, 6.07) is 13.6. The number of phenols is 2. The first-order valence-electron chi connectivity index (χ1n) is 7.95. The smallest absolute Gasteiger partial charge is 0.262 e. The predicted molar refractivity (Wildman–Crippen MR) is 95.7 cm³/mol. The lowest BCUT2D eigenvalue weighted by atomic mass is 10.0. The van der Waals surface area contributed by atoms with Crippen molar-refractivity contribution >= 4 is 12.0 Å². The number of phenolic OH excluding ortho intramolecular Hbond substituents is 2. The van der Waals surface area contributed by atoms with Crippen LogP contribution in [-0.2, 0) is 4.79 Å². The standard InChI is InChI=1S/C20H20N2O3/c1-3-17(15-7-4-13(2)5-8-15)22-20(25)16(12-21)10-14-6-9-18(23)19(24)11-14/h4-11,17,23-24H,3H2,1-2H3,(H,22,25)/b16-10+. The van der Waals surface area contributed by atoms with Crippen molar-refractivity contribution in [3.05, 3.63) is 64.7 Å². The van der Waals surface area contributed by atoms with Crippen molar-refractivity contribution in [3.63, 3.8) is 0 Å². The minimum absolute atomic E-state index is 0.0735. The van der Waals surface area contributed by atoms with E-state index in [1.807, 2.05) is 44.2 Å². The highest BCUT2D eigenvalue weighted by atomic mass is 16.3. The van der Waals surface area contributed by atoms with E-state index in [2.05, 4.69) is 5.32 Å². The average molecular weight is 336 g/mol. The topological polar surface area (TPSA) is 93.4 Å². The maximum atomic E-state index is 12.4. The zero-order valence-corrected chi connectivity index (χ0v) is 14.2. The molecule has 0 aliphatic heterocycles. The number of nitrogens with one attached hydrogen (secondary N) is 1. The summed E-state index contributed by atoms with van der Waals surface area (Å²) in [7, 11) is 0. The summed E-state index contributed by atoms with van der Waals surface area (Å²) >= 11 is 0. The van der Waals surface area contributed by atoms with Crippen molar-refractivity contribution in [1.29, 1.82) is 5.26 Å². The molecule has 0 aromatic heterocycles. The predicted octanol–water partition coefficient (Wildman–Crippen LogP) is 3.58. The molecule has 0 spiro atoms. The van der Waals surface area contributed by atoms with Crippen LogP contribution in [0.4, 0.5) is 0 Å². The Labute approximate surface area is 146 Å². The highest BCUT2D eigenvalue weighted by molar-refractivity contribution is 6.01. The molecule has 2 aromatic rings. The maximum Gasteiger partial charge on any atom is 0.262 e. The molecule has 0 saturated heterocycles. The number of carbonyl (C=O) groups excluding carboxylic acids is 1. The molecule has 0 aliphatic rings. The van der Waals surface area contributed by atoms with Gasteiger partial charge in [-0.1, -0.05) is 42.8 Å². The Bertz CT molecular complexity index is 833. The average Bonchev–Trinajstić information content (AvgIpc) is 2.61. The molecule has 0 bridgehead atoms. The van der Waals surface area contributed by atoms with Gasteiger partial charge in [0, 0.05) is 0 Å². The number of aromatic hydroxyl groups is 2. The number of carbonyl (C=O) groups is 1. The zero-order chi connectivity index (χ0) is 18.4. The second-order valence-electron chi connectivity index (χ2n) is 5.76. The van der Waals surface area contributed by atoms with Gasteiger partial charge in [-0.3, -0.25) is 4.79 Å². The second kappa shape index (κ2) is 8.02. The zero-order valence-electron chi connectivity index (χ0n) is 14.2. The van der Waals surface area contributed by atoms with Gasteiger partial charge in [-0.15, -0.1) is 0 Å². The summed E-state index contributed by atoms with van der Waals surface area (Å²) in [5.74, 6) is -1.05. The highest BCUT2D eigenvalue weighted by Gasteiger charge is 2.16. The number of rotatable bonds is 5. The molecule has 0 aliphatic carbocycles. The molecule has 3 N–H and O–H groups in total. The van der Waals surface area contributed by atoms with Crippen molar-refractivity contribution in [2.45, 2.75) is 26.3 Å². The normalized spacial score (nSPS) is 12.3. The Balaban J connectivity index is 2.20. The molecule has 1 amide bonds. The summed E-state index contributed by atoms with van der Waals surface area (Å²) in [6.45, 7) is 3.95. The van der Waals surface area contributed by atoms with E-state index in [0.29, 0.717) is 12.0 Å². The highest BCUT2D eigenvalue weighted by Crippen LogP contribution is 2.26. The van der Waals surface area contributed by atoms with Crippen molar-refractivity contribution in [2.75, 3.05) is 0 Å². The third-order valence-electron chi connectivity index (χ3n) is 3.87. The Kier molecular flexibility index (Phi) is 5.80. The van der Waals surface area contributed by atoms with Gasteiger partial charge >= 0.3 is 0 Å². The lowest BCUT2D eigenvalue weighted by Gasteiger charge is -2.17. The van der Waals surface area contributed by atoms with Crippen LogP contribution >= 0.6 is 0 Å². The number of nitriles is 1. The van der Waals surface area contributed by atoms with Gasteiger partial charge in [0.2, 0.25) is 0 Å². The first kappa shape index (κ1) is 18.1. The number of nitrogens with zero attached hydrogens (tertiary/aromatic N) is 1. The van der Waals surface area contributed by atoms with Gasteiger partial charge < -0.3 is 15.5 Å². The molecule has 0 heterocycles. The third kappa shape index (κ3) is 4.61. The van der Waals surface area contributed by atoms with Crippen molar-refractivity contribution < 1.29 is 15.0 Å². The molecule has 0 saturated carbocycles. The second-order valence-corrected chi connectivity index (χ2v) is 5.76. The molecule has 2 rings (SSSR count). The van der Waals surface area contributed by atoms with Gasteiger partial charge in [-0.2, -0.15) is 5.26 Å². The molecule has 1 atom stereocenters. The van der Waals surface area contributed by atoms with Crippen molar-refractivity contribution in [1.82, 2.24) is 5.32 Å². The van der Waals surface area contributed by atoms with E-state index in [1.165, 1.54) is 24.3 Å². The van der Waals surface area contributed by atoms with Crippen LogP contribution in [0.25, 0.3) is 6.08 Å². The summed E-state index contributed by atoms with van der Waals surface area (Å²) < 4.78 is 0. The van der Waals surface area contributed by atoms with Crippen molar-refractivity contribution in [2.24, 2.45) is 0 Å². The number of aryl methyl sites for hydroxylation is 1. The minimum Gasteiger partial charge on any atom is -0.504 e. The molecule has 5 heteroatoms. The molecule has 128 valence electrons. The van der Waals surface area contributed by atoms with Gasteiger partial charge in [0.1, 0.15) is 11.6 Å². The lowest BCUT2D eigenvalue weighted by Crippen LogP contribution is -2.29. The fourth-order valence-corrected chi connectivity index (χ4v) is 2.40. The molecular formula is C20H20N2O3. The van der Waals surface area contributed by atoms with Crippen LogP contribution in [0.2, 0.25) is 0 Å². The van der Waals surface area contributed by atoms with Gasteiger partial charge in [-0.25, -0.2) is 0 Å². The fourth-order valence-electron chi connectivity index (χ4n) is 2.40. The Hall–Kier alpha value is -3.26. The number of benzene rings is 2. The van der Waals surface area contributed by atoms with Gasteiger partial charge in [-0.05, 0) is 42.7 Å². The molecule has 0 radical (unpaired) electrons. The van der Waals surface area contributed by atoms with E-state index in [9.17, 15) is 20.3 Å². The fraction of sp³-hybridized carbons (Fsp3) is 0.200. The molecular weight excluding hydrogens is 316 g/mol. The molecule has 0 fully saturated rings. The first-order valence-corrected chi connectivity index (χ1v) is 7.95. The van der Waals surface area contributed by atoms with Gasteiger partial charge in [0.05, 0.1) is 6.04 Å². The third-order valence-corrected chi connectivity index (χ3v) is 3.87. The van der Waals surface area contributed by atoms with Crippen LogP contribution in [-0.4, -0.2) is 16.1 Å². The number of amides is 1. The van der Waals surface area contributed by atoms with Crippen LogP contribution in [0.5, 0.6) is 11.5 Å². The van der Waals surface area contributed by atoms with E-state index < -0.39 is 5.91 Å². The SMILES string of the molecule is CCC(NC(=O)/C(C#N)=C/c1ccc(O)c(O)c1)c1ccc(C)cc1. The van der Waals surface area contributed by atoms with E-state index >= 15 is 0 Å². The first-order chi connectivity index (χ1) is 11.9. The minimum atomic E-state index is -0.484. The summed E-state index contributed by atoms with van der Waals surface area (Å²) in [5.41, 5.74) is 2.48. The molecule has 1 unspecified atom stereocenters. The summed E-state index contributed by atoms with van der Waals surface area (Å²) in [5, 5.41) is 31.0. The summed E-state index contributed by atoms with van der Waals surface area (Å²) in [6.07, 6.45) is 2.06. The molecule has 2 aromatic carbocycles. The van der Waals surface area contributed by atoms with Crippen LogP contribution in [0.3, 0.4) is 0 Å². The van der Waals surface area contributed by atoms with Crippen LogP contribution in [0.15, 0.2) is 48.0 Å². The van der Waals surface area contributed by atoms with Gasteiger partial charge in [0.25, 0.3) is 5.91 Å². The quantitative estimate of drug-likeness (QED) is 0.442. The molecule has 5 nitrogen and oxygen atoms in total. The van der Waals surface area contributed by atoms with Crippen LogP contribution < -0.4 is 5.32 Å². The van der Waals surface area contributed by atoms with E-state index in [1.54, 1.807) is 0 Å².